The second-order valence-corrected chi connectivity index (χ2v) is 6.93. The standard InChI is InChI=1S/C17H33NO5/c1-17(2,3)23-16(20)18-9-7-15(8-10-18)22-13-6-4-5-12-21-14-11-19/h15,19H,4-14H2,1-3H3. The summed E-state index contributed by atoms with van der Waals surface area (Å²) in [6.45, 7) is 9.04. The molecule has 1 saturated heterocycles. The minimum absolute atomic E-state index is 0.0884. The Balaban J connectivity index is 2.03. The number of carbonyl (C=O) groups excluding carboxylic acids is 1. The molecule has 1 amide bonds. The molecule has 6 heteroatoms. The molecule has 0 radical (unpaired) electrons. The van der Waals surface area contributed by atoms with Crippen molar-refractivity contribution in [3.05, 3.63) is 0 Å². The van der Waals surface area contributed by atoms with Crippen LogP contribution in [0.15, 0.2) is 0 Å². The van der Waals surface area contributed by atoms with Crippen molar-refractivity contribution in [2.45, 2.75) is 64.6 Å². The van der Waals surface area contributed by atoms with E-state index in [-0.39, 0.29) is 18.8 Å². The zero-order chi connectivity index (χ0) is 17.1. The Morgan fingerprint density at radius 2 is 1.74 bits per heavy atom. The summed E-state index contributed by atoms with van der Waals surface area (Å²) >= 11 is 0. The molecule has 0 aromatic heterocycles. The van der Waals surface area contributed by atoms with Crippen LogP contribution in [0.25, 0.3) is 0 Å². The Labute approximate surface area is 140 Å². The van der Waals surface area contributed by atoms with E-state index >= 15 is 0 Å². The Morgan fingerprint density at radius 1 is 1.09 bits per heavy atom. The summed E-state index contributed by atoms with van der Waals surface area (Å²) in [5.74, 6) is 0. The van der Waals surface area contributed by atoms with Crippen molar-refractivity contribution in [1.29, 1.82) is 0 Å². The van der Waals surface area contributed by atoms with Gasteiger partial charge < -0.3 is 24.2 Å². The molecule has 23 heavy (non-hydrogen) atoms. The number of carbonyl (C=O) groups is 1. The molecule has 0 unspecified atom stereocenters. The summed E-state index contributed by atoms with van der Waals surface area (Å²) in [7, 11) is 0. The van der Waals surface area contributed by atoms with Crippen molar-refractivity contribution in [3.63, 3.8) is 0 Å². The van der Waals surface area contributed by atoms with Gasteiger partial charge in [-0.3, -0.25) is 0 Å². The van der Waals surface area contributed by atoms with E-state index in [0.29, 0.717) is 26.3 Å². The van der Waals surface area contributed by atoms with Crippen LogP contribution in [0.4, 0.5) is 4.79 Å². The first kappa shape index (κ1) is 20.2. The Kier molecular flexibility index (Phi) is 9.52. The van der Waals surface area contributed by atoms with Crippen molar-refractivity contribution >= 4 is 6.09 Å². The van der Waals surface area contributed by atoms with Crippen LogP contribution in [0.5, 0.6) is 0 Å². The van der Waals surface area contributed by atoms with E-state index in [4.69, 9.17) is 19.3 Å². The molecule has 1 aliphatic heterocycles. The van der Waals surface area contributed by atoms with Crippen LogP contribution in [0.1, 0.15) is 52.9 Å². The van der Waals surface area contributed by atoms with Gasteiger partial charge >= 0.3 is 6.09 Å². The number of hydrogen-bond donors (Lipinski definition) is 1. The number of aliphatic hydroxyl groups is 1. The van der Waals surface area contributed by atoms with E-state index in [2.05, 4.69) is 0 Å². The molecule has 0 aliphatic carbocycles. The maximum Gasteiger partial charge on any atom is 0.410 e. The monoisotopic (exact) mass is 331 g/mol. The van der Waals surface area contributed by atoms with Crippen LogP contribution in [0, 0.1) is 0 Å². The second-order valence-electron chi connectivity index (χ2n) is 6.93. The molecule has 1 rings (SSSR count). The minimum atomic E-state index is -0.439. The maximum atomic E-state index is 12.0. The van der Waals surface area contributed by atoms with Crippen molar-refractivity contribution in [3.8, 4) is 0 Å². The second kappa shape index (κ2) is 10.8. The molecule has 0 saturated carbocycles. The van der Waals surface area contributed by atoms with Crippen LogP contribution in [0.3, 0.4) is 0 Å². The van der Waals surface area contributed by atoms with E-state index in [9.17, 15) is 4.79 Å². The topological polar surface area (TPSA) is 68.2 Å². The minimum Gasteiger partial charge on any atom is -0.444 e. The fraction of sp³-hybridized carbons (Fsp3) is 0.941. The molecule has 6 nitrogen and oxygen atoms in total. The van der Waals surface area contributed by atoms with E-state index in [1.54, 1.807) is 4.90 Å². The lowest BCUT2D eigenvalue weighted by molar-refractivity contribution is -0.0124. The van der Waals surface area contributed by atoms with Gasteiger partial charge in [0, 0.05) is 26.3 Å². The molecule has 0 aromatic carbocycles. The van der Waals surface area contributed by atoms with Gasteiger partial charge in [-0.15, -0.1) is 0 Å². The predicted molar refractivity (Wildman–Crippen MR) is 88.5 cm³/mol. The van der Waals surface area contributed by atoms with Gasteiger partial charge in [-0.05, 0) is 52.9 Å². The maximum absolute atomic E-state index is 12.0. The summed E-state index contributed by atoms with van der Waals surface area (Å²) in [6, 6.07) is 0. The highest BCUT2D eigenvalue weighted by molar-refractivity contribution is 5.68. The summed E-state index contributed by atoms with van der Waals surface area (Å²) in [4.78, 5) is 13.7. The zero-order valence-corrected chi connectivity index (χ0v) is 14.9. The summed E-state index contributed by atoms with van der Waals surface area (Å²) in [5.41, 5.74) is -0.439. The first-order valence-corrected chi connectivity index (χ1v) is 8.70. The highest BCUT2D eigenvalue weighted by Crippen LogP contribution is 2.17. The van der Waals surface area contributed by atoms with Crippen LogP contribution in [-0.4, -0.2) is 67.3 Å². The van der Waals surface area contributed by atoms with Crippen molar-refractivity contribution < 1.29 is 24.1 Å². The van der Waals surface area contributed by atoms with E-state index in [0.717, 1.165) is 38.7 Å². The number of likely N-dealkylation sites (tertiary alicyclic amines) is 1. The molecule has 0 bridgehead atoms. The van der Waals surface area contributed by atoms with Gasteiger partial charge in [0.15, 0.2) is 0 Å². The highest BCUT2D eigenvalue weighted by Gasteiger charge is 2.26. The van der Waals surface area contributed by atoms with Crippen molar-refractivity contribution in [2.24, 2.45) is 0 Å². The van der Waals surface area contributed by atoms with Gasteiger partial charge in [0.2, 0.25) is 0 Å². The SMILES string of the molecule is CC(C)(C)OC(=O)N1CCC(OCCCCCOCCO)CC1. The lowest BCUT2D eigenvalue weighted by Gasteiger charge is -2.33. The number of unbranched alkanes of at least 4 members (excludes halogenated alkanes) is 2. The molecule has 1 heterocycles. The molecular formula is C17H33NO5. The van der Waals surface area contributed by atoms with E-state index in [1.165, 1.54) is 0 Å². The highest BCUT2D eigenvalue weighted by atomic mass is 16.6. The molecule has 0 atom stereocenters. The van der Waals surface area contributed by atoms with Crippen molar-refractivity contribution in [2.75, 3.05) is 39.5 Å². The van der Waals surface area contributed by atoms with Crippen LogP contribution in [0.2, 0.25) is 0 Å². The third-order valence-corrected chi connectivity index (χ3v) is 3.62. The van der Waals surface area contributed by atoms with Crippen molar-refractivity contribution in [1.82, 2.24) is 4.90 Å². The number of piperidine rings is 1. The third-order valence-electron chi connectivity index (χ3n) is 3.62. The number of nitrogens with zero attached hydrogens (tertiary/aromatic N) is 1. The van der Waals surface area contributed by atoms with Gasteiger partial charge in [0.05, 0.1) is 19.3 Å². The summed E-state index contributed by atoms with van der Waals surface area (Å²) < 4.78 is 16.5. The van der Waals surface area contributed by atoms with Crippen LogP contribution < -0.4 is 0 Å². The first-order valence-electron chi connectivity index (χ1n) is 8.70. The Hall–Kier alpha value is -0.850. The summed E-state index contributed by atoms with van der Waals surface area (Å²) in [6.07, 6.45) is 4.87. The van der Waals surface area contributed by atoms with Gasteiger partial charge in [-0.1, -0.05) is 0 Å². The average molecular weight is 331 g/mol. The smallest absolute Gasteiger partial charge is 0.410 e. The molecule has 1 N–H and O–H groups in total. The number of amides is 1. The number of hydrogen-bond acceptors (Lipinski definition) is 5. The van der Waals surface area contributed by atoms with E-state index < -0.39 is 5.60 Å². The third kappa shape index (κ3) is 9.79. The zero-order valence-electron chi connectivity index (χ0n) is 14.9. The van der Waals surface area contributed by atoms with Crippen LogP contribution in [-0.2, 0) is 14.2 Å². The lowest BCUT2D eigenvalue weighted by atomic mass is 10.1. The first-order chi connectivity index (χ1) is 10.9. The van der Waals surface area contributed by atoms with Gasteiger partial charge in [-0.25, -0.2) is 4.79 Å². The van der Waals surface area contributed by atoms with Gasteiger partial charge in [-0.2, -0.15) is 0 Å². The van der Waals surface area contributed by atoms with Gasteiger partial charge in [0.25, 0.3) is 0 Å². The molecule has 136 valence electrons. The molecule has 1 fully saturated rings. The number of ether oxygens (including phenoxy) is 3. The molecule has 1 aliphatic rings. The van der Waals surface area contributed by atoms with E-state index in [1.807, 2.05) is 20.8 Å². The Morgan fingerprint density at radius 3 is 2.35 bits per heavy atom. The normalized spacial score (nSPS) is 16.6. The largest absolute Gasteiger partial charge is 0.444 e. The molecule has 0 aromatic rings. The van der Waals surface area contributed by atoms with Crippen LogP contribution >= 0.6 is 0 Å². The number of rotatable bonds is 9. The average Bonchev–Trinajstić information content (AvgIpc) is 2.49. The molecule has 0 spiro atoms. The fourth-order valence-electron chi connectivity index (χ4n) is 2.43. The Bertz CT molecular complexity index is 321. The fourth-order valence-corrected chi connectivity index (χ4v) is 2.43. The summed E-state index contributed by atoms with van der Waals surface area (Å²) in [5, 5.41) is 8.58. The molecular weight excluding hydrogens is 298 g/mol. The lowest BCUT2D eigenvalue weighted by Crippen LogP contribution is -2.43. The number of aliphatic hydroxyl groups excluding tert-OH is 1. The predicted octanol–water partition coefficient (Wildman–Crippen LogP) is 2.58. The van der Waals surface area contributed by atoms with Gasteiger partial charge in [0.1, 0.15) is 5.60 Å². The quantitative estimate of drug-likeness (QED) is 0.658.